The highest BCUT2D eigenvalue weighted by Gasteiger charge is 2.27. The lowest BCUT2D eigenvalue weighted by atomic mass is 10.2. The van der Waals surface area contributed by atoms with Crippen molar-refractivity contribution in [2.24, 2.45) is 4.99 Å². The van der Waals surface area contributed by atoms with E-state index in [0.29, 0.717) is 25.6 Å². The molecule has 0 unspecified atom stereocenters. The first-order chi connectivity index (χ1) is 15.1. The average molecular weight is 415 g/mol. The molecule has 2 aromatic carbocycles. The monoisotopic (exact) mass is 415 g/mol. The molecule has 1 saturated heterocycles. The van der Waals surface area contributed by atoms with Crippen LogP contribution in [0.1, 0.15) is 16.8 Å². The molecule has 3 aromatic rings. The zero-order valence-electron chi connectivity index (χ0n) is 17.8. The first-order valence-electron chi connectivity index (χ1n) is 10.5. The van der Waals surface area contributed by atoms with Crippen LogP contribution in [0.5, 0.6) is 11.8 Å². The van der Waals surface area contributed by atoms with E-state index in [-0.39, 0.29) is 0 Å². The topological polar surface area (TPSA) is 71.9 Å². The summed E-state index contributed by atoms with van der Waals surface area (Å²) in [6.07, 6.45) is 0.605. The van der Waals surface area contributed by atoms with Crippen molar-refractivity contribution in [1.82, 2.24) is 9.97 Å². The van der Waals surface area contributed by atoms with Crippen molar-refractivity contribution in [1.29, 1.82) is 0 Å². The van der Waals surface area contributed by atoms with Crippen LogP contribution in [0.3, 0.4) is 0 Å². The predicted molar refractivity (Wildman–Crippen MR) is 122 cm³/mol. The molecule has 1 fully saturated rings. The molecule has 5 rings (SSSR count). The van der Waals surface area contributed by atoms with Gasteiger partial charge in [-0.25, -0.2) is 4.99 Å². The van der Waals surface area contributed by atoms with Crippen molar-refractivity contribution < 1.29 is 9.47 Å². The summed E-state index contributed by atoms with van der Waals surface area (Å²) in [5.74, 6) is 2.38. The van der Waals surface area contributed by atoms with E-state index >= 15 is 0 Å². The maximum absolute atomic E-state index is 6.01. The van der Waals surface area contributed by atoms with E-state index in [1.54, 1.807) is 0 Å². The van der Waals surface area contributed by atoms with Crippen LogP contribution in [-0.4, -0.2) is 42.1 Å². The van der Waals surface area contributed by atoms with Crippen LogP contribution >= 0.6 is 0 Å². The van der Waals surface area contributed by atoms with Crippen LogP contribution in [0.25, 0.3) is 0 Å². The number of nitrogens with one attached hydrogen (secondary N) is 1. The Morgan fingerprint density at radius 3 is 2.55 bits per heavy atom. The lowest BCUT2D eigenvalue weighted by molar-refractivity contribution is 0.122. The highest BCUT2D eigenvalue weighted by atomic mass is 16.5. The maximum atomic E-state index is 6.01. The molecular weight excluding hydrogens is 390 g/mol. The number of aliphatic imine (C=N–C) groups is 1. The Bertz CT molecular complexity index is 1120. The minimum absolute atomic E-state index is 0.344. The van der Waals surface area contributed by atoms with Gasteiger partial charge in [-0.2, -0.15) is 9.97 Å². The van der Waals surface area contributed by atoms with E-state index < -0.39 is 0 Å². The standard InChI is InChI=1S/C24H25N5O2/c1-16-6-8-19(9-7-16)31-24-26-20-15-21(25-18-5-3-4-17(2)14-18)27-22(20)23(28-24)29-10-12-30-13-11-29/h3-9,14H,10-13,15H2,1-2H3,(H,25,27). The fourth-order valence-electron chi connectivity index (χ4n) is 3.75. The fraction of sp³-hybridized carbons (Fsp3) is 0.292. The number of hydrogen-bond acceptors (Lipinski definition) is 7. The Kier molecular flexibility index (Phi) is 5.26. The molecule has 0 spiro atoms. The molecule has 2 aliphatic heterocycles. The van der Waals surface area contributed by atoms with Crippen molar-refractivity contribution in [2.45, 2.75) is 20.3 Å². The number of amidine groups is 1. The third-order valence-electron chi connectivity index (χ3n) is 5.35. The van der Waals surface area contributed by atoms with Gasteiger partial charge in [0, 0.05) is 18.8 Å². The first-order valence-corrected chi connectivity index (χ1v) is 10.5. The molecule has 3 heterocycles. The van der Waals surface area contributed by atoms with Gasteiger partial charge in [-0.1, -0.05) is 29.8 Å². The number of hydrogen-bond donors (Lipinski definition) is 1. The Morgan fingerprint density at radius 1 is 0.968 bits per heavy atom. The smallest absolute Gasteiger partial charge is 0.324 e. The van der Waals surface area contributed by atoms with E-state index in [1.807, 2.05) is 43.3 Å². The second-order valence-electron chi connectivity index (χ2n) is 7.87. The summed E-state index contributed by atoms with van der Waals surface area (Å²) in [4.78, 5) is 16.5. The minimum atomic E-state index is 0.344. The van der Waals surface area contributed by atoms with Gasteiger partial charge in [0.15, 0.2) is 5.82 Å². The summed E-state index contributed by atoms with van der Waals surface area (Å²) in [6.45, 7) is 7.00. The molecule has 0 saturated carbocycles. The van der Waals surface area contributed by atoms with Gasteiger partial charge < -0.3 is 19.7 Å². The molecule has 7 heteroatoms. The van der Waals surface area contributed by atoms with Crippen LogP contribution < -0.4 is 15.0 Å². The fourth-order valence-corrected chi connectivity index (χ4v) is 3.75. The number of aromatic nitrogens is 2. The molecule has 158 valence electrons. The third kappa shape index (κ3) is 4.36. The number of nitrogens with zero attached hydrogens (tertiary/aromatic N) is 4. The number of anilines is 2. The van der Waals surface area contributed by atoms with Gasteiger partial charge in [0.1, 0.15) is 17.3 Å². The molecule has 0 bridgehead atoms. The van der Waals surface area contributed by atoms with Crippen LogP contribution in [0, 0.1) is 13.8 Å². The summed E-state index contributed by atoms with van der Waals surface area (Å²) < 4.78 is 11.5. The quantitative estimate of drug-likeness (QED) is 0.680. The molecule has 31 heavy (non-hydrogen) atoms. The highest BCUT2D eigenvalue weighted by molar-refractivity contribution is 6.03. The summed E-state index contributed by atoms with van der Waals surface area (Å²) in [7, 11) is 0. The second-order valence-corrected chi connectivity index (χ2v) is 7.87. The van der Waals surface area contributed by atoms with Gasteiger partial charge in [0.2, 0.25) is 0 Å². The molecular formula is C24H25N5O2. The van der Waals surface area contributed by atoms with Gasteiger partial charge in [0.05, 0.1) is 25.3 Å². The molecule has 0 atom stereocenters. The maximum Gasteiger partial charge on any atom is 0.324 e. The lowest BCUT2D eigenvalue weighted by Crippen LogP contribution is -2.37. The van der Waals surface area contributed by atoms with Crippen LogP contribution in [0.2, 0.25) is 0 Å². The Hall–Kier alpha value is -3.45. The van der Waals surface area contributed by atoms with Gasteiger partial charge in [-0.05, 0) is 43.7 Å². The van der Waals surface area contributed by atoms with E-state index in [4.69, 9.17) is 24.4 Å². The van der Waals surface area contributed by atoms with E-state index in [2.05, 4.69) is 29.3 Å². The molecule has 7 nitrogen and oxygen atoms in total. The normalized spacial score (nSPS) is 15.4. The summed E-state index contributed by atoms with van der Waals surface area (Å²) in [5.41, 5.74) is 5.07. The van der Waals surface area contributed by atoms with Gasteiger partial charge >= 0.3 is 6.01 Å². The van der Waals surface area contributed by atoms with Crippen molar-refractivity contribution in [3.8, 4) is 11.8 Å². The molecule has 1 N–H and O–H groups in total. The molecule has 0 aliphatic carbocycles. The lowest BCUT2D eigenvalue weighted by Gasteiger charge is -2.28. The van der Waals surface area contributed by atoms with E-state index in [0.717, 1.165) is 47.6 Å². The van der Waals surface area contributed by atoms with Gasteiger partial charge in [-0.15, -0.1) is 0 Å². The van der Waals surface area contributed by atoms with Gasteiger partial charge in [-0.3, -0.25) is 0 Å². The Labute approximate surface area is 181 Å². The Morgan fingerprint density at radius 2 is 1.77 bits per heavy atom. The SMILES string of the molecule is Cc1ccc(Oc2nc3c(c(N4CCOCC4)n2)N=C(Nc2cccc(C)c2)C3)cc1. The number of fused-ring (bicyclic) bond motifs is 1. The largest absolute Gasteiger partial charge is 0.424 e. The second kappa shape index (κ2) is 8.35. The van der Waals surface area contributed by atoms with Crippen molar-refractivity contribution >= 4 is 23.0 Å². The Balaban J connectivity index is 1.46. The highest BCUT2D eigenvalue weighted by Crippen LogP contribution is 2.37. The number of morpholine rings is 1. The summed E-state index contributed by atoms with van der Waals surface area (Å²) >= 11 is 0. The van der Waals surface area contributed by atoms with Crippen LogP contribution in [0.15, 0.2) is 53.5 Å². The molecule has 1 aromatic heterocycles. The van der Waals surface area contributed by atoms with E-state index in [1.165, 1.54) is 11.1 Å². The number of ether oxygens (including phenoxy) is 2. The zero-order valence-corrected chi connectivity index (χ0v) is 17.8. The van der Waals surface area contributed by atoms with Crippen molar-refractivity contribution in [3.63, 3.8) is 0 Å². The van der Waals surface area contributed by atoms with Crippen molar-refractivity contribution in [2.75, 3.05) is 36.5 Å². The number of aryl methyl sites for hydroxylation is 2. The molecule has 0 radical (unpaired) electrons. The number of rotatable bonds is 4. The number of benzene rings is 2. The van der Waals surface area contributed by atoms with Crippen molar-refractivity contribution in [3.05, 3.63) is 65.4 Å². The summed E-state index contributed by atoms with van der Waals surface area (Å²) in [6, 6.07) is 16.5. The summed E-state index contributed by atoms with van der Waals surface area (Å²) in [5, 5.41) is 3.43. The predicted octanol–water partition coefficient (Wildman–Crippen LogP) is 4.42. The van der Waals surface area contributed by atoms with Gasteiger partial charge in [0.25, 0.3) is 0 Å². The molecule has 0 amide bonds. The average Bonchev–Trinajstić information content (AvgIpc) is 3.17. The van der Waals surface area contributed by atoms with Crippen LogP contribution in [-0.2, 0) is 11.2 Å². The third-order valence-corrected chi connectivity index (χ3v) is 5.35. The minimum Gasteiger partial charge on any atom is -0.424 e. The first kappa shape index (κ1) is 19.5. The zero-order chi connectivity index (χ0) is 21.2. The van der Waals surface area contributed by atoms with E-state index in [9.17, 15) is 0 Å². The molecule has 2 aliphatic rings. The van der Waals surface area contributed by atoms with Crippen LogP contribution in [0.4, 0.5) is 17.2 Å².